The van der Waals surface area contributed by atoms with Crippen LogP contribution in [0.4, 0.5) is 5.69 Å². The fourth-order valence-electron chi connectivity index (χ4n) is 2.91. The zero-order valence-corrected chi connectivity index (χ0v) is 15.3. The summed E-state index contributed by atoms with van der Waals surface area (Å²) >= 11 is 0. The van der Waals surface area contributed by atoms with Crippen LogP contribution in [0.3, 0.4) is 0 Å². The molecule has 25 heavy (non-hydrogen) atoms. The molecule has 1 atom stereocenters. The summed E-state index contributed by atoms with van der Waals surface area (Å²) in [4.78, 5) is 26.3. The Kier molecular flexibility index (Phi) is 6.50. The first kappa shape index (κ1) is 18.9. The van der Waals surface area contributed by atoms with E-state index in [1.54, 1.807) is 17.0 Å². The molecule has 7 heteroatoms. The number of hydrogen-bond donors (Lipinski definition) is 1. The van der Waals surface area contributed by atoms with Crippen molar-refractivity contribution >= 4 is 17.5 Å². The van der Waals surface area contributed by atoms with E-state index < -0.39 is 0 Å². The molecule has 1 aromatic carbocycles. The maximum Gasteiger partial charge on any atom is 0.229 e. The summed E-state index contributed by atoms with van der Waals surface area (Å²) in [5.74, 6) is 0.904. The Hall–Kier alpha value is -2.44. The molecule has 2 amide bonds. The molecule has 2 rings (SSSR count). The molecule has 0 aromatic heterocycles. The van der Waals surface area contributed by atoms with Gasteiger partial charge in [-0.15, -0.1) is 0 Å². The predicted octanol–water partition coefficient (Wildman–Crippen LogP) is 2.30. The van der Waals surface area contributed by atoms with Crippen molar-refractivity contribution in [3.63, 3.8) is 0 Å². The molecule has 0 spiro atoms. The van der Waals surface area contributed by atoms with Crippen LogP contribution in [0.15, 0.2) is 12.1 Å². The third-order valence-electron chi connectivity index (χ3n) is 4.30. The summed E-state index contributed by atoms with van der Waals surface area (Å²) in [6.07, 6.45) is 2.22. The van der Waals surface area contributed by atoms with Crippen molar-refractivity contribution in [3.05, 3.63) is 12.1 Å². The minimum absolute atomic E-state index is 0.0403. The molecule has 1 aromatic rings. The fourth-order valence-corrected chi connectivity index (χ4v) is 2.91. The Labute approximate surface area is 148 Å². The minimum atomic E-state index is -0.344. The number of carbonyl (C=O) groups is 2. The number of benzene rings is 1. The quantitative estimate of drug-likeness (QED) is 0.778. The Morgan fingerprint density at radius 3 is 2.36 bits per heavy atom. The third kappa shape index (κ3) is 4.35. The summed E-state index contributed by atoms with van der Waals surface area (Å²) < 4.78 is 15.8. The van der Waals surface area contributed by atoms with Crippen LogP contribution in [0.1, 0.15) is 26.2 Å². The highest BCUT2D eigenvalue weighted by atomic mass is 16.5. The number of methoxy groups -OCH3 is 3. The van der Waals surface area contributed by atoms with Crippen LogP contribution in [-0.4, -0.2) is 51.1 Å². The Bertz CT molecular complexity index is 607. The lowest BCUT2D eigenvalue weighted by Gasteiger charge is -2.17. The normalized spacial score (nSPS) is 16.7. The van der Waals surface area contributed by atoms with Gasteiger partial charge in [0, 0.05) is 37.3 Å². The molecule has 1 aliphatic heterocycles. The van der Waals surface area contributed by atoms with E-state index in [0.29, 0.717) is 36.0 Å². The van der Waals surface area contributed by atoms with Crippen LogP contribution < -0.4 is 19.5 Å². The lowest BCUT2D eigenvalue weighted by Crippen LogP contribution is -2.29. The van der Waals surface area contributed by atoms with Gasteiger partial charge >= 0.3 is 0 Å². The van der Waals surface area contributed by atoms with Gasteiger partial charge in [-0.2, -0.15) is 0 Å². The Morgan fingerprint density at radius 2 is 1.84 bits per heavy atom. The molecular weight excluding hydrogens is 324 g/mol. The second kappa shape index (κ2) is 8.60. The zero-order valence-electron chi connectivity index (χ0n) is 15.3. The molecule has 1 heterocycles. The van der Waals surface area contributed by atoms with Gasteiger partial charge in [0.05, 0.1) is 27.2 Å². The van der Waals surface area contributed by atoms with Gasteiger partial charge in [0.2, 0.25) is 17.6 Å². The first-order chi connectivity index (χ1) is 12.0. The number of anilines is 1. The van der Waals surface area contributed by atoms with Crippen LogP contribution in [-0.2, 0) is 9.59 Å². The molecule has 1 fully saturated rings. The van der Waals surface area contributed by atoms with Crippen molar-refractivity contribution in [3.8, 4) is 17.2 Å². The number of nitrogens with one attached hydrogen (secondary N) is 1. The number of unbranched alkanes of at least 4 members (excludes halogenated alkanes) is 1. The van der Waals surface area contributed by atoms with Gasteiger partial charge in [-0.3, -0.25) is 9.59 Å². The van der Waals surface area contributed by atoms with E-state index in [2.05, 4.69) is 12.2 Å². The van der Waals surface area contributed by atoms with E-state index in [1.165, 1.54) is 21.3 Å². The predicted molar refractivity (Wildman–Crippen MR) is 94.3 cm³/mol. The van der Waals surface area contributed by atoms with Crippen molar-refractivity contribution in [1.29, 1.82) is 0 Å². The fraction of sp³-hybridized carbons (Fsp3) is 0.556. The highest BCUT2D eigenvalue weighted by molar-refractivity contribution is 5.97. The van der Waals surface area contributed by atoms with Crippen molar-refractivity contribution in [1.82, 2.24) is 4.90 Å². The monoisotopic (exact) mass is 350 g/mol. The van der Waals surface area contributed by atoms with Crippen LogP contribution in [0, 0.1) is 5.92 Å². The van der Waals surface area contributed by atoms with Gasteiger partial charge in [-0.1, -0.05) is 13.3 Å². The third-order valence-corrected chi connectivity index (χ3v) is 4.30. The smallest absolute Gasteiger partial charge is 0.229 e. The SMILES string of the molecule is CCCCN1C[C@H](C(=O)Nc2cc(OC)c(OC)c(OC)c2)CC1=O. The van der Waals surface area contributed by atoms with Crippen molar-refractivity contribution < 1.29 is 23.8 Å². The summed E-state index contributed by atoms with van der Waals surface area (Å²) in [5.41, 5.74) is 0.541. The highest BCUT2D eigenvalue weighted by Crippen LogP contribution is 2.40. The van der Waals surface area contributed by atoms with Crippen LogP contribution in [0.25, 0.3) is 0 Å². The maximum atomic E-state index is 12.5. The summed E-state index contributed by atoms with van der Waals surface area (Å²) in [6.45, 7) is 3.26. The van der Waals surface area contributed by atoms with E-state index in [9.17, 15) is 9.59 Å². The molecule has 0 saturated carbocycles. The minimum Gasteiger partial charge on any atom is -0.493 e. The number of ether oxygens (including phenoxy) is 3. The average Bonchev–Trinajstić information content (AvgIpc) is 2.99. The largest absolute Gasteiger partial charge is 0.493 e. The number of likely N-dealkylation sites (tertiary alicyclic amines) is 1. The van der Waals surface area contributed by atoms with Crippen molar-refractivity contribution in [2.45, 2.75) is 26.2 Å². The first-order valence-corrected chi connectivity index (χ1v) is 8.42. The van der Waals surface area contributed by atoms with E-state index in [1.807, 2.05) is 0 Å². The van der Waals surface area contributed by atoms with E-state index in [-0.39, 0.29) is 24.2 Å². The first-order valence-electron chi connectivity index (χ1n) is 8.42. The summed E-state index contributed by atoms with van der Waals surface area (Å²) in [6, 6.07) is 3.34. The number of nitrogens with zero attached hydrogens (tertiary/aromatic N) is 1. The maximum absolute atomic E-state index is 12.5. The van der Waals surface area contributed by atoms with Gasteiger partial charge in [0.1, 0.15) is 0 Å². The lowest BCUT2D eigenvalue weighted by atomic mass is 10.1. The molecule has 0 unspecified atom stereocenters. The second-order valence-electron chi connectivity index (χ2n) is 6.00. The van der Waals surface area contributed by atoms with Crippen molar-refractivity contribution in [2.75, 3.05) is 39.7 Å². The molecule has 1 saturated heterocycles. The molecule has 0 aliphatic carbocycles. The van der Waals surface area contributed by atoms with Gasteiger partial charge in [0.15, 0.2) is 11.5 Å². The molecular formula is C18H26N2O5. The molecule has 138 valence electrons. The Balaban J connectivity index is 2.09. The molecule has 7 nitrogen and oxygen atoms in total. The Morgan fingerprint density at radius 1 is 1.20 bits per heavy atom. The zero-order chi connectivity index (χ0) is 18.4. The van der Waals surface area contributed by atoms with Gasteiger partial charge in [-0.25, -0.2) is 0 Å². The van der Waals surface area contributed by atoms with Gasteiger partial charge in [0.25, 0.3) is 0 Å². The number of rotatable bonds is 8. The van der Waals surface area contributed by atoms with E-state index in [4.69, 9.17) is 14.2 Å². The number of hydrogen-bond acceptors (Lipinski definition) is 5. The number of carbonyl (C=O) groups excluding carboxylic acids is 2. The summed E-state index contributed by atoms with van der Waals surface area (Å²) in [7, 11) is 4.56. The van der Waals surface area contributed by atoms with Gasteiger partial charge in [-0.05, 0) is 6.42 Å². The van der Waals surface area contributed by atoms with Crippen LogP contribution >= 0.6 is 0 Å². The van der Waals surface area contributed by atoms with Crippen LogP contribution in [0.5, 0.6) is 17.2 Å². The average molecular weight is 350 g/mol. The van der Waals surface area contributed by atoms with Crippen LogP contribution in [0.2, 0.25) is 0 Å². The second-order valence-corrected chi connectivity index (χ2v) is 6.00. The topological polar surface area (TPSA) is 77.1 Å². The number of amides is 2. The summed E-state index contributed by atoms with van der Waals surface area (Å²) in [5, 5.41) is 2.85. The van der Waals surface area contributed by atoms with E-state index >= 15 is 0 Å². The van der Waals surface area contributed by atoms with E-state index in [0.717, 1.165) is 12.8 Å². The lowest BCUT2D eigenvalue weighted by molar-refractivity contribution is -0.128. The van der Waals surface area contributed by atoms with Crippen molar-refractivity contribution in [2.24, 2.45) is 5.92 Å². The molecule has 0 bridgehead atoms. The molecule has 0 radical (unpaired) electrons. The highest BCUT2D eigenvalue weighted by Gasteiger charge is 2.34. The molecule has 1 aliphatic rings. The molecule has 1 N–H and O–H groups in total. The standard InChI is InChI=1S/C18H26N2O5/c1-5-6-7-20-11-12(8-16(20)21)18(22)19-13-9-14(23-2)17(25-4)15(10-13)24-3/h9-10,12H,5-8,11H2,1-4H3,(H,19,22)/t12-/m1/s1. The van der Waals surface area contributed by atoms with Gasteiger partial charge < -0.3 is 24.4 Å².